The van der Waals surface area contributed by atoms with E-state index in [1.54, 1.807) is 12.4 Å². The molecule has 0 aliphatic heterocycles. The van der Waals surface area contributed by atoms with Crippen LogP contribution in [0.15, 0.2) is 24.5 Å². The standard InChI is InChI=1S/C13H16N4O/c18-13(5-1-2-6-13)9-16-11-4-3-10-12(17-11)15-8-7-14-10/h3-4,7-8,18H,1-2,5-6,9H2,(H,15,16,17). The van der Waals surface area contributed by atoms with Crippen LogP contribution in [0.25, 0.3) is 11.2 Å². The van der Waals surface area contributed by atoms with E-state index in [0.717, 1.165) is 37.0 Å². The van der Waals surface area contributed by atoms with Crippen LogP contribution in [0.1, 0.15) is 25.7 Å². The Balaban J connectivity index is 1.74. The van der Waals surface area contributed by atoms with Gasteiger partial charge in [0.25, 0.3) is 0 Å². The monoisotopic (exact) mass is 244 g/mol. The summed E-state index contributed by atoms with van der Waals surface area (Å²) in [4.78, 5) is 12.7. The van der Waals surface area contributed by atoms with Crippen LogP contribution >= 0.6 is 0 Å². The molecule has 2 aromatic rings. The van der Waals surface area contributed by atoms with Gasteiger partial charge >= 0.3 is 0 Å². The molecule has 1 saturated carbocycles. The van der Waals surface area contributed by atoms with E-state index >= 15 is 0 Å². The first-order chi connectivity index (χ1) is 8.75. The molecule has 1 aliphatic carbocycles. The van der Waals surface area contributed by atoms with Crippen LogP contribution in [0, 0.1) is 0 Å². The van der Waals surface area contributed by atoms with Crippen LogP contribution in [-0.4, -0.2) is 32.2 Å². The van der Waals surface area contributed by atoms with Crippen LogP contribution in [0.3, 0.4) is 0 Å². The first-order valence-electron chi connectivity index (χ1n) is 6.29. The van der Waals surface area contributed by atoms with Crippen molar-refractivity contribution in [3.05, 3.63) is 24.5 Å². The van der Waals surface area contributed by atoms with Gasteiger partial charge in [0.2, 0.25) is 0 Å². The van der Waals surface area contributed by atoms with Gasteiger partial charge in [0.15, 0.2) is 5.65 Å². The zero-order chi connectivity index (χ0) is 12.4. The summed E-state index contributed by atoms with van der Waals surface area (Å²) in [5.74, 6) is 0.739. The third kappa shape index (κ3) is 2.26. The summed E-state index contributed by atoms with van der Waals surface area (Å²) in [5, 5.41) is 13.4. The van der Waals surface area contributed by atoms with Crippen molar-refractivity contribution in [1.82, 2.24) is 15.0 Å². The first kappa shape index (κ1) is 11.3. The minimum atomic E-state index is -0.570. The molecule has 2 N–H and O–H groups in total. The van der Waals surface area contributed by atoms with Gasteiger partial charge in [-0.05, 0) is 25.0 Å². The second-order valence-electron chi connectivity index (χ2n) is 4.88. The normalized spacial score (nSPS) is 18.1. The molecule has 1 aliphatic rings. The predicted octanol–water partition coefficient (Wildman–Crippen LogP) is 1.74. The Hall–Kier alpha value is -1.75. The number of hydrogen-bond donors (Lipinski definition) is 2. The number of hydrogen-bond acceptors (Lipinski definition) is 5. The van der Waals surface area contributed by atoms with Gasteiger partial charge < -0.3 is 10.4 Å². The van der Waals surface area contributed by atoms with E-state index in [4.69, 9.17) is 0 Å². The highest BCUT2D eigenvalue weighted by Gasteiger charge is 2.30. The van der Waals surface area contributed by atoms with Crippen LogP contribution in [0.5, 0.6) is 0 Å². The van der Waals surface area contributed by atoms with Crippen molar-refractivity contribution in [3.8, 4) is 0 Å². The Labute approximate surface area is 105 Å². The Morgan fingerprint density at radius 3 is 2.78 bits per heavy atom. The molecule has 1 fully saturated rings. The van der Waals surface area contributed by atoms with Crippen molar-refractivity contribution in [3.63, 3.8) is 0 Å². The van der Waals surface area contributed by atoms with E-state index < -0.39 is 5.60 Å². The summed E-state index contributed by atoms with van der Waals surface area (Å²) in [5.41, 5.74) is 0.836. The molecule has 0 saturated heterocycles. The lowest BCUT2D eigenvalue weighted by molar-refractivity contribution is 0.0614. The van der Waals surface area contributed by atoms with E-state index in [-0.39, 0.29) is 0 Å². The molecular formula is C13H16N4O. The summed E-state index contributed by atoms with van der Waals surface area (Å²) >= 11 is 0. The van der Waals surface area contributed by atoms with Crippen LogP contribution in [0.2, 0.25) is 0 Å². The maximum Gasteiger partial charge on any atom is 0.180 e. The summed E-state index contributed by atoms with van der Waals surface area (Å²) in [7, 11) is 0. The van der Waals surface area contributed by atoms with Gasteiger partial charge in [0, 0.05) is 18.9 Å². The Morgan fingerprint density at radius 1 is 1.17 bits per heavy atom. The topological polar surface area (TPSA) is 70.9 Å². The highest BCUT2D eigenvalue weighted by molar-refractivity contribution is 5.71. The van der Waals surface area contributed by atoms with Crippen molar-refractivity contribution in [2.75, 3.05) is 11.9 Å². The lowest BCUT2D eigenvalue weighted by Crippen LogP contribution is -2.33. The van der Waals surface area contributed by atoms with Gasteiger partial charge in [-0.3, -0.25) is 4.98 Å². The van der Waals surface area contributed by atoms with Gasteiger partial charge in [0.05, 0.1) is 5.60 Å². The summed E-state index contributed by atoms with van der Waals surface area (Å²) in [6.45, 7) is 0.547. The summed E-state index contributed by atoms with van der Waals surface area (Å²) in [6.07, 6.45) is 7.23. The van der Waals surface area contributed by atoms with E-state index in [9.17, 15) is 5.11 Å². The van der Waals surface area contributed by atoms with E-state index in [1.165, 1.54) is 0 Å². The predicted molar refractivity (Wildman–Crippen MR) is 69.2 cm³/mol. The Bertz CT molecular complexity index is 551. The average Bonchev–Trinajstić information content (AvgIpc) is 2.84. The van der Waals surface area contributed by atoms with Crippen LogP contribution in [-0.2, 0) is 0 Å². The van der Waals surface area contributed by atoms with Gasteiger partial charge in [0.1, 0.15) is 11.3 Å². The maximum absolute atomic E-state index is 10.2. The number of aromatic nitrogens is 3. The van der Waals surface area contributed by atoms with Crippen molar-refractivity contribution in [2.24, 2.45) is 0 Å². The second kappa shape index (κ2) is 4.49. The maximum atomic E-state index is 10.2. The molecular weight excluding hydrogens is 228 g/mol. The molecule has 0 radical (unpaired) electrons. The number of aliphatic hydroxyl groups is 1. The largest absolute Gasteiger partial charge is 0.388 e. The van der Waals surface area contributed by atoms with Crippen molar-refractivity contribution >= 4 is 17.0 Å². The molecule has 0 aromatic carbocycles. The van der Waals surface area contributed by atoms with E-state index in [0.29, 0.717) is 12.2 Å². The Kier molecular flexibility index (Phi) is 2.83. The quantitative estimate of drug-likeness (QED) is 0.860. The first-order valence-corrected chi connectivity index (χ1v) is 6.29. The zero-order valence-corrected chi connectivity index (χ0v) is 10.1. The number of anilines is 1. The minimum absolute atomic E-state index is 0.547. The average molecular weight is 244 g/mol. The smallest absolute Gasteiger partial charge is 0.180 e. The molecule has 2 heterocycles. The van der Waals surface area contributed by atoms with Crippen LogP contribution in [0.4, 0.5) is 5.82 Å². The van der Waals surface area contributed by atoms with Gasteiger partial charge in [-0.15, -0.1) is 0 Å². The Morgan fingerprint density at radius 2 is 1.94 bits per heavy atom. The molecule has 0 unspecified atom stereocenters. The van der Waals surface area contributed by atoms with Crippen molar-refractivity contribution in [1.29, 1.82) is 0 Å². The van der Waals surface area contributed by atoms with Gasteiger partial charge in [-0.1, -0.05) is 12.8 Å². The number of rotatable bonds is 3. The molecule has 94 valence electrons. The SMILES string of the molecule is OC1(CNc2ccc3nccnc3n2)CCCC1. The molecule has 0 atom stereocenters. The fourth-order valence-corrected chi connectivity index (χ4v) is 2.42. The molecule has 5 nitrogen and oxygen atoms in total. The molecule has 0 spiro atoms. The number of nitrogens with one attached hydrogen (secondary N) is 1. The molecule has 3 rings (SSSR count). The van der Waals surface area contributed by atoms with Gasteiger partial charge in [-0.25, -0.2) is 9.97 Å². The zero-order valence-electron chi connectivity index (χ0n) is 10.1. The molecule has 0 bridgehead atoms. The van der Waals surface area contributed by atoms with Crippen LogP contribution < -0.4 is 5.32 Å². The van der Waals surface area contributed by atoms with Crippen molar-refractivity contribution in [2.45, 2.75) is 31.3 Å². The second-order valence-corrected chi connectivity index (χ2v) is 4.88. The van der Waals surface area contributed by atoms with Gasteiger partial charge in [-0.2, -0.15) is 0 Å². The molecule has 18 heavy (non-hydrogen) atoms. The molecule has 2 aromatic heterocycles. The third-order valence-electron chi connectivity index (χ3n) is 3.46. The fraction of sp³-hybridized carbons (Fsp3) is 0.462. The number of pyridine rings is 1. The summed E-state index contributed by atoms with van der Waals surface area (Å²) in [6, 6.07) is 3.76. The van der Waals surface area contributed by atoms with E-state index in [1.807, 2.05) is 12.1 Å². The lowest BCUT2D eigenvalue weighted by atomic mass is 10.0. The lowest BCUT2D eigenvalue weighted by Gasteiger charge is -2.22. The summed E-state index contributed by atoms with van der Waals surface area (Å²) < 4.78 is 0. The minimum Gasteiger partial charge on any atom is -0.388 e. The van der Waals surface area contributed by atoms with E-state index in [2.05, 4.69) is 20.3 Å². The highest BCUT2D eigenvalue weighted by atomic mass is 16.3. The number of nitrogens with zero attached hydrogens (tertiary/aromatic N) is 3. The third-order valence-corrected chi connectivity index (χ3v) is 3.46. The molecule has 0 amide bonds. The fourth-order valence-electron chi connectivity index (χ4n) is 2.42. The number of fused-ring (bicyclic) bond motifs is 1. The highest BCUT2D eigenvalue weighted by Crippen LogP contribution is 2.29. The molecule has 5 heteroatoms. The van der Waals surface area contributed by atoms with Crippen molar-refractivity contribution < 1.29 is 5.11 Å².